The normalized spacial score (nSPS) is 10.8. The summed E-state index contributed by atoms with van der Waals surface area (Å²) in [6.07, 6.45) is 7.60. The zero-order valence-corrected chi connectivity index (χ0v) is 10.2. The number of hydrogen-bond acceptors (Lipinski definition) is 4. The largest absolute Gasteiger partial charge is 0.396 e. The molecule has 0 fully saturated rings. The van der Waals surface area contributed by atoms with E-state index in [0.29, 0.717) is 6.42 Å². The van der Waals surface area contributed by atoms with E-state index in [1.165, 1.54) is 0 Å². The van der Waals surface area contributed by atoms with Crippen molar-refractivity contribution in [3.8, 4) is 11.4 Å². The van der Waals surface area contributed by atoms with Crippen LogP contribution in [0, 0.1) is 0 Å². The van der Waals surface area contributed by atoms with Gasteiger partial charge in [-0.3, -0.25) is 4.57 Å². The SMILES string of the molecule is OCCc1cnn(-c2cccc(-n3cnnc3)c2)c1. The van der Waals surface area contributed by atoms with Crippen molar-refractivity contribution in [1.82, 2.24) is 24.5 Å². The van der Waals surface area contributed by atoms with Crippen molar-refractivity contribution in [2.75, 3.05) is 6.61 Å². The van der Waals surface area contributed by atoms with Crippen molar-refractivity contribution in [1.29, 1.82) is 0 Å². The zero-order chi connectivity index (χ0) is 13.1. The Morgan fingerprint density at radius 1 is 1.11 bits per heavy atom. The van der Waals surface area contributed by atoms with E-state index in [4.69, 9.17) is 5.11 Å². The molecule has 0 amide bonds. The molecule has 2 aromatic heterocycles. The summed E-state index contributed by atoms with van der Waals surface area (Å²) in [6, 6.07) is 7.91. The molecule has 0 radical (unpaired) electrons. The number of nitrogens with zero attached hydrogens (tertiary/aromatic N) is 5. The standard InChI is InChI=1S/C13H13N5O/c19-5-4-11-7-16-18(8-11)13-3-1-2-12(6-13)17-9-14-15-10-17/h1-3,6-10,19H,4-5H2. The van der Waals surface area contributed by atoms with E-state index < -0.39 is 0 Å². The molecule has 0 aliphatic rings. The summed E-state index contributed by atoms with van der Waals surface area (Å²) >= 11 is 0. The Kier molecular flexibility index (Phi) is 3.07. The van der Waals surface area contributed by atoms with Crippen LogP contribution in [0.1, 0.15) is 5.56 Å². The average molecular weight is 255 g/mol. The van der Waals surface area contributed by atoms with Crippen molar-refractivity contribution >= 4 is 0 Å². The lowest BCUT2D eigenvalue weighted by Crippen LogP contribution is -1.97. The highest BCUT2D eigenvalue weighted by atomic mass is 16.2. The molecule has 2 heterocycles. The Labute approximate surface area is 110 Å². The first kappa shape index (κ1) is 11.6. The third-order valence-electron chi connectivity index (χ3n) is 2.85. The van der Waals surface area contributed by atoms with Gasteiger partial charge >= 0.3 is 0 Å². The van der Waals surface area contributed by atoms with Crippen molar-refractivity contribution in [2.24, 2.45) is 0 Å². The van der Waals surface area contributed by atoms with Crippen LogP contribution < -0.4 is 0 Å². The Morgan fingerprint density at radius 2 is 1.89 bits per heavy atom. The molecule has 0 aliphatic carbocycles. The van der Waals surface area contributed by atoms with E-state index in [-0.39, 0.29) is 6.61 Å². The van der Waals surface area contributed by atoms with Gasteiger partial charge in [0, 0.05) is 12.8 Å². The van der Waals surface area contributed by atoms with Crippen LogP contribution in [0.25, 0.3) is 11.4 Å². The van der Waals surface area contributed by atoms with Gasteiger partial charge in [-0.25, -0.2) is 4.68 Å². The number of rotatable bonds is 4. The summed E-state index contributed by atoms with van der Waals surface area (Å²) in [4.78, 5) is 0. The molecule has 0 spiro atoms. The van der Waals surface area contributed by atoms with Crippen LogP contribution in [0.3, 0.4) is 0 Å². The smallest absolute Gasteiger partial charge is 0.123 e. The van der Waals surface area contributed by atoms with Crippen molar-refractivity contribution in [2.45, 2.75) is 6.42 Å². The second-order valence-corrected chi connectivity index (χ2v) is 4.16. The van der Waals surface area contributed by atoms with Crippen LogP contribution in [0.2, 0.25) is 0 Å². The van der Waals surface area contributed by atoms with Crippen LogP contribution in [-0.4, -0.2) is 36.3 Å². The van der Waals surface area contributed by atoms with Gasteiger partial charge in [-0.1, -0.05) is 6.07 Å². The summed E-state index contributed by atoms with van der Waals surface area (Å²) in [5.41, 5.74) is 2.94. The monoisotopic (exact) mass is 255 g/mol. The fraction of sp³-hybridized carbons (Fsp3) is 0.154. The van der Waals surface area contributed by atoms with E-state index >= 15 is 0 Å². The van der Waals surface area contributed by atoms with Crippen molar-refractivity contribution in [3.63, 3.8) is 0 Å². The first-order valence-corrected chi connectivity index (χ1v) is 5.96. The predicted octanol–water partition coefficient (Wildman–Crippen LogP) is 0.988. The molecule has 0 atom stereocenters. The summed E-state index contributed by atoms with van der Waals surface area (Å²) in [5, 5.41) is 20.8. The highest BCUT2D eigenvalue weighted by Gasteiger charge is 2.03. The Hall–Kier alpha value is -2.47. The van der Waals surface area contributed by atoms with Gasteiger partial charge < -0.3 is 5.11 Å². The Morgan fingerprint density at radius 3 is 2.68 bits per heavy atom. The number of aliphatic hydroxyl groups excluding tert-OH is 1. The van der Waals surface area contributed by atoms with Gasteiger partial charge in [0.1, 0.15) is 12.7 Å². The molecule has 0 saturated carbocycles. The number of hydrogen-bond donors (Lipinski definition) is 1. The molecule has 1 aromatic carbocycles. The number of aliphatic hydroxyl groups is 1. The highest BCUT2D eigenvalue weighted by molar-refractivity contribution is 5.43. The first-order valence-electron chi connectivity index (χ1n) is 5.96. The summed E-state index contributed by atoms with van der Waals surface area (Å²) in [5.74, 6) is 0. The Bertz CT molecular complexity index is 659. The van der Waals surface area contributed by atoms with Crippen LogP contribution in [0.5, 0.6) is 0 Å². The zero-order valence-electron chi connectivity index (χ0n) is 10.2. The summed E-state index contributed by atoms with van der Waals surface area (Å²) < 4.78 is 3.63. The molecular weight excluding hydrogens is 242 g/mol. The lowest BCUT2D eigenvalue weighted by molar-refractivity contribution is 0.299. The fourth-order valence-electron chi connectivity index (χ4n) is 1.89. The summed E-state index contributed by atoms with van der Waals surface area (Å²) in [7, 11) is 0. The van der Waals surface area contributed by atoms with Gasteiger partial charge in [0.05, 0.1) is 17.6 Å². The second kappa shape index (κ2) is 5.03. The third-order valence-corrected chi connectivity index (χ3v) is 2.85. The third kappa shape index (κ3) is 2.38. The maximum absolute atomic E-state index is 8.91. The molecular formula is C13H13N5O. The van der Waals surface area contributed by atoms with E-state index in [0.717, 1.165) is 16.9 Å². The second-order valence-electron chi connectivity index (χ2n) is 4.16. The number of benzene rings is 1. The van der Waals surface area contributed by atoms with Crippen LogP contribution in [-0.2, 0) is 6.42 Å². The van der Waals surface area contributed by atoms with Gasteiger partial charge in [0.2, 0.25) is 0 Å². The molecule has 0 saturated heterocycles. The van der Waals surface area contributed by atoms with Crippen LogP contribution in [0.4, 0.5) is 0 Å². The molecule has 0 bridgehead atoms. The highest BCUT2D eigenvalue weighted by Crippen LogP contribution is 2.14. The van der Waals surface area contributed by atoms with Gasteiger partial charge in [-0.2, -0.15) is 5.10 Å². The van der Waals surface area contributed by atoms with E-state index in [1.54, 1.807) is 23.5 Å². The molecule has 0 aliphatic heterocycles. The summed E-state index contributed by atoms with van der Waals surface area (Å²) in [6.45, 7) is 0.131. The van der Waals surface area contributed by atoms with Crippen molar-refractivity contribution < 1.29 is 5.11 Å². The fourth-order valence-corrected chi connectivity index (χ4v) is 1.89. The lowest BCUT2D eigenvalue weighted by Gasteiger charge is -2.05. The minimum absolute atomic E-state index is 0.131. The maximum atomic E-state index is 8.91. The van der Waals surface area contributed by atoms with Gasteiger partial charge in [-0.05, 0) is 30.2 Å². The molecule has 6 nitrogen and oxygen atoms in total. The molecule has 3 rings (SSSR count). The Balaban J connectivity index is 1.94. The molecule has 6 heteroatoms. The number of aromatic nitrogens is 5. The first-order chi connectivity index (χ1) is 9.36. The van der Waals surface area contributed by atoms with E-state index in [2.05, 4.69) is 15.3 Å². The molecule has 1 N–H and O–H groups in total. The van der Waals surface area contributed by atoms with Gasteiger partial charge in [-0.15, -0.1) is 10.2 Å². The minimum atomic E-state index is 0.131. The van der Waals surface area contributed by atoms with Crippen LogP contribution in [0.15, 0.2) is 49.3 Å². The van der Waals surface area contributed by atoms with E-state index in [1.807, 2.05) is 35.0 Å². The molecule has 19 heavy (non-hydrogen) atoms. The minimum Gasteiger partial charge on any atom is -0.396 e. The molecule has 96 valence electrons. The topological polar surface area (TPSA) is 68.8 Å². The maximum Gasteiger partial charge on any atom is 0.123 e. The van der Waals surface area contributed by atoms with Crippen molar-refractivity contribution in [3.05, 3.63) is 54.9 Å². The predicted molar refractivity (Wildman–Crippen MR) is 69.3 cm³/mol. The van der Waals surface area contributed by atoms with Gasteiger partial charge in [0.25, 0.3) is 0 Å². The van der Waals surface area contributed by atoms with Gasteiger partial charge in [0.15, 0.2) is 0 Å². The van der Waals surface area contributed by atoms with E-state index in [9.17, 15) is 0 Å². The lowest BCUT2D eigenvalue weighted by atomic mass is 10.2. The van der Waals surface area contributed by atoms with Crippen LogP contribution >= 0.6 is 0 Å². The molecule has 3 aromatic rings. The molecule has 0 unspecified atom stereocenters. The average Bonchev–Trinajstić information content (AvgIpc) is 3.11. The quantitative estimate of drug-likeness (QED) is 0.754.